The molecule has 0 saturated carbocycles. The molecule has 5 heteroatoms. The number of para-hydroxylation sites is 1. The SMILES string of the molecule is CCC(c1cccc(F)c1)n1cc(-c2cccc(C(F)(F)F)c2)c2ccccc21. The molecule has 3 aromatic carbocycles. The van der Waals surface area contributed by atoms with Crippen LogP contribution in [0.15, 0.2) is 79.0 Å². The van der Waals surface area contributed by atoms with Gasteiger partial charge in [0.15, 0.2) is 0 Å². The molecule has 0 spiro atoms. The number of halogens is 4. The first-order valence-electron chi connectivity index (χ1n) is 9.41. The third kappa shape index (κ3) is 3.65. The molecule has 1 nitrogen and oxygen atoms in total. The van der Waals surface area contributed by atoms with Crippen LogP contribution < -0.4 is 0 Å². The standard InChI is InChI=1S/C24H19F4N/c1-2-22(17-8-6-10-19(25)14-17)29-15-21(20-11-3-4-12-23(20)29)16-7-5-9-18(13-16)24(26,27)28/h3-15,22H,2H2,1H3. The van der Waals surface area contributed by atoms with Gasteiger partial charge in [0.05, 0.1) is 11.6 Å². The van der Waals surface area contributed by atoms with Crippen LogP contribution >= 0.6 is 0 Å². The Bertz CT molecular complexity index is 1160. The Kier molecular flexibility index (Phi) is 4.91. The van der Waals surface area contributed by atoms with Gasteiger partial charge in [0, 0.05) is 22.7 Å². The van der Waals surface area contributed by atoms with Gasteiger partial charge in [-0.2, -0.15) is 13.2 Å². The van der Waals surface area contributed by atoms with Crippen LogP contribution in [0.2, 0.25) is 0 Å². The van der Waals surface area contributed by atoms with Crippen molar-refractivity contribution in [2.45, 2.75) is 25.6 Å². The van der Waals surface area contributed by atoms with E-state index in [0.717, 1.165) is 28.1 Å². The van der Waals surface area contributed by atoms with E-state index in [1.54, 1.807) is 12.1 Å². The lowest BCUT2D eigenvalue weighted by Gasteiger charge is -2.19. The van der Waals surface area contributed by atoms with Crippen LogP contribution in [-0.4, -0.2) is 4.57 Å². The van der Waals surface area contributed by atoms with Gasteiger partial charge in [-0.25, -0.2) is 4.39 Å². The number of benzene rings is 3. The van der Waals surface area contributed by atoms with Crippen LogP contribution in [0.4, 0.5) is 17.6 Å². The molecule has 0 radical (unpaired) electrons. The first-order chi connectivity index (χ1) is 13.9. The van der Waals surface area contributed by atoms with Crippen molar-refractivity contribution in [1.29, 1.82) is 0 Å². The van der Waals surface area contributed by atoms with Crippen molar-refractivity contribution in [2.75, 3.05) is 0 Å². The summed E-state index contributed by atoms with van der Waals surface area (Å²) in [7, 11) is 0. The fourth-order valence-corrected chi connectivity index (χ4v) is 3.86. The summed E-state index contributed by atoms with van der Waals surface area (Å²) in [5, 5.41) is 0.863. The van der Waals surface area contributed by atoms with Gasteiger partial charge >= 0.3 is 6.18 Å². The smallest absolute Gasteiger partial charge is 0.339 e. The summed E-state index contributed by atoms with van der Waals surface area (Å²) in [6.45, 7) is 2.01. The summed E-state index contributed by atoms with van der Waals surface area (Å²) < 4.78 is 55.4. The van der Waals surface area contributed by atoms with E-state index in [1.165, 1.54) is 24.3 Å². The third-order valence-electron chi connectivity index (χ3n) is 5.20. The number of rotatable bonds is 4. The second kappa shape index (κ2) is 7.39. The van der Waals surface area contributed by atoms with Crippen LogP contribution in [0.1, 0.15) is 30.5 Å². The Morgan fingerprint density at radius 1 is 0.897 bits per heavy atom. The quantitative estimate of drug-likeness (QED) is 0.315. The van der Waals surface area contributed by atoms with Gasteiger partial charge in [0.25, 0.3) is 0 Å². The zero-order valence-electron chi connectivity index (χ0n) is 15.7. The minimum Gasteiger partial charge on any atom is -0.339 e. The number of alkyl halides is 3. The van der Waals surface area contributed by atoms with Crippen molar-refractivity contribution in [3.05, 3.63) is 95.9 Å². The minimum absolute atomic E-state index is 0.129. The summed E-state index contributed by atoms with van der Waals surface area (Å²) in [5.41, 5.74) is 2.27. The van der Waals surface area contributed by atoms with E-state index in [2.05, 4.69) is 0 Å². The van der Waals surface area contributed by atoms with Crippen LogP contribution in [0.25, 0.3) is 22.0 Å². The highest BCUT2D eigenvalue weighted by Crippen LogP contribution is 2.38. The Morgan fingerprint density at radius 3 is 2.38 bits per heavy atom. The first kappa shape index (κ1) is 19.2. The van der Waals surface area contributed by atoms with E-state index >= 15 is 0 Å². The fourth-order valence-electron chi connectivity index (χ4n) is 3.86. The van der Waals surface area contributed by atoms with Crippen LogP contribution in [0.3, 0.4) is 0 Å². The van der Waals surface area contributed by atoms with Gasteiger partial charge in [-0.05, 0) is 47.9 Å². The molecule has 0 N–H and O–H groups in total. The fraction of sp³-hybridized carbons (Fsp3) is 0.167. The average molecular weight is 397 g/mol. The minimum atomic E-state index is -4.40. The zero-order valence-corrected chi connectivity index (χ0v) is 15.7. The molecule has 1 atom stereocenters. The molecule has 0 fully saturated rings. The first-order valence-corrected chi connectivity index (χ1v) is 9.41. The molecule has 0 aliphatic carbocycles. The Labute approximate surface area is 166 Å². The highest BCUT2D eigenvalue weighted by Gasteiger charge is 2.30. The number of hydrogen-bond acceptors (Lipinski definition) is 0. The normalized spacial score (nSPS) is 13.0. The summed E-state index contributed by atoms with van der Waals surface area (Å²) in [6.07, 6.45) is -1.81. The molecule has 0 aliphatic rings. The van der Waals surface area contributed by atoms with Crippen molar-refractivity contribution >= 4 is 10.9 Å². The lowest BCUT2D eigenvalue weighted by atomic mass is 10.0. The molecule has 0 saturated heterocycles. The molecule has 29 heavy (non-hydrogen) atoms. The van der Waals surface area contributed by atoms with Gasteiger partial charge < -0.3 is 4.57 Å². The molecular weight excluding hydrogens is 378 g/mol. The molecular formula is C24H19F4N. The summed E-state index contributed by atoms with van der Waals surface area (Å²) in [4.78, 5) is 0. The van der Waals surface area contributed by atoms with E-state index in [0.29, 0.717) is 12.0 Å². The molecule has 0 bridgehead atoms. The highest BCUT2D eigenvalue weighted by molar-refractivity contribution is 5.96. The molecule has 0 amide bonds. The molecule has 1 aromatic heterocycles. The second-order valence-electron chi connectivity index (χ2n) is 7.02. The maximum absolute atomic E-state index is 13.8. The Balaban J connectivity index is 1.91. The Morgan fingerprint density at radius 2 is 1.66 bits per heavy atom. The van der Waals surface area contributed by atoms with Crippen LogP contribution in [0.5, 0.6) is 0 Å². The van der Waals surface area contributed by atoms with Gasteiger partial charge in [-0.3, -0.25) is 0 Å². The van der Waals surface area contributed by atoms with E-state index in [4.69, 9.17) is 0 Å². The monoisotopic (exact) mass is 397 g/mol. The average Bonchev–Trinajstić information content (AvgIpc) is 3.08. The number of fused-ring (bicyclic) bond motifs is 1. The van der Waals surface area contributed by atoms with Gasteiger partial charge in [-0.1, -0.05) is 49.4 Å². The maximum atomic E-state index is 13.8. The molecule has 4 rings (SSSR count). The van der Waals surface area contributed by atoms with Crippen molar-refractivity contribution < 1.29 is 17.6 Å². The van der Waals surface area contributed by atoms with Crippen molar-refractivity contribution in [2.24, 2.45) is 0 Å². The lowest BCUT2D eigenvalue weighted by molar-refractivity contribution is -0.137. The third-order valence-corrected chi connectivity index (χ3v) is 5.20. The zero-order chi connectivity index (χ0) is 20.6. The van der Waals surface area contributed by atoms with E-state index in [1.807, 2.05) is 48.0 Å². The summed E-state index contributed by atoms with van der Waals surface area (Å²) in [6, 6.07) is 19.3. The van der Waals surface area contributed by atoms with Gasteiger partial charge in [-0.15, -0.1) is 0 Å². The Hall–Kier alpha value is -3.08. The predicted molar refractivity (Wildman–Crippen MR) is 107 cm³/mol. The van der Waals surface area contributed by atoms with Crippen molar-refractivity contribution in [1.82, 2.24) is 4.57 Å². The van der Waals surface area contributed by atoms with E-state index in [-0.39, 0.29) is 11.9 Å². The van der Waals surface area contributed by atoms with Crippen molar-refractivity contribution in [3.63, 3.8) is 0 Å². The van der Waals surface area contributed by atoms with Crippen molar-refractivity contribution in [3.8, 4) is 11.1 Å². The van der Waals surface area contributed by atoms with Gasteiger partial charge in [0.2, 0.25) is 0 Å². The topological polar surface area (TPSA) is 4.93 Å². The molecule has 1 heterocycles. The molecule has 4 aromatic rings. The largest absolute Gasteiger partial charge is 0.416 e. The van der Waals surface area contributed by atoms with E-state index in [9.17, 15) is 17.6 Å². The van der Waals surface area contributed by atoms with Gasteiger partial charge in [0.1, 0.15) is 5.82 Å². The number of hydrogen-bond donors (Lipinski definition) is 0. The summed E-state index contributed by atoms with van der Waals surface area (Å²) in [5.74, 6) is -0.310. The molecule has 0 aliphatic heterocycles. The molecule has 1 unspecified atom stereocenters. The van der Waals surface area contributed by atoms with E-state index < -0.39 is 11.7 Å². The maximum Gasteiger partial charge on any atom is 0.416 e. The highest BCUT2D eigenvalue weighted by atomic mass is 19.4. The number of nitrogens with zero attached hydrogens (tertiary/aromatic N) is 1. The summed E-state index contributed by atoms with van der Waals surface area (Å²) >= 11 is 0. The van der Waals surface area contributed by atoms with Crippen LogP contribution in [-0.2, 0) is 6.18 Å². The molecule has 148 valence electrons. The number of aromatic nitrogens is 1. The second-order valence-corrected chi connectivity index (χ2v) is 7.02. The van der Waals surface area contributed by atoms with Crippen LogP contribution in [0, 0.1) is 5.82 Å². The predicted octanol–water partition coefficient (Wildman–Crippen LogP) is 7.47. The lowest BCUT2D eigenvalue weighted by Crippen LogP contribution is -2.08.